The van der Waals surface area contributed by atoms with Gasteiger partial charge in [-0.15, -0.1) is 47.5 Å². The molecule has 5 aromatic carbocycles. The molecule has 1 saturated carbocycles. The minimum atomic E-state index is -2.23. The number of hydrogen-bond donors (Lipinski definition) is 0. The van der Waals surface area contributed by atoms with Crippen LogP contribution >= 0.6 is 0 Å². The fraction of sp³-hybridized carbons (Fsp3) is 0.200. The summed E-state index contributed by atoms with van der Waals surface area (Å²) in [5, 5.41) is 2.19. The number of fused-ring (bicyclic) bond motifs is 3. The van der Waals surface area contributed by atoms with Crippen molar-refractivity contribution in [3.05, 3.63) is 169 Å². The van der Waals surface area contributed by atoms with Crippen LogP contribution < -0.4 is 0 Å². The summed E-state index contributed by atoms with van der Waals surface area (Å²) in [5.41, 5.74) is 10.6. The zero-order valence-electron chi connectivity index (χ0n) is 36.3. The molecule has 271 valence electrons. The van der Waals surface area contributed by atoms with Gasteiger partial charge < -0.3 is 14.4 Å². The fourth-order valence-corrected chi connectivity index (χ4v) is 7.10. The maximum absolute atomic E-state index is 9.06. The molecule has 1 radical (unpaired) electrons. The van der Waals surface area contributed by atoms with Gasteiger partial charge in [0, 0.05) is 46.1 Å². The third kappa shape index (κ3) is 8.02. The summed E-state index contributed by atoms with van der Waals surface area (Å²) in [6.07, 6.45) is 7.41. The van der Waals surface area contributed by atoms with Gasteiger partial charge in [0.25, 0.3) is 0 Å². The summed E-state index contributed by atoms with van der Waals surface area (Å²) in [7, 11) is 0. The molecule has 0 N–H and O–H groups in total. The zero-order valence-corrected chi connectivity index (χ0v) is 32.7. The molecule has 1 aliphatic carbocycles. The second-order valence-electron chi connectivity index (χ2n) is 14.5. The molecule has 0 amide bonds. The molecule has 4 heteroatoms. The van der Waals surface area contributed by atoms with Crippen molar-refractivity contribution in [2.75, 3.05) is 0 Å². The predicted octanol–water partition coefficient (Wildman–Crippen LogP) is 13.6. The van der Waals surface area contributed by atoms with E-state index in [-0.39, 0.29) is 25.7 Å². The molecule has 3 nitrogen and oxygen atoms in total. The van der Waals surface area contributed by atoms with Gasteiger partial charge >= 0.3 is 0 Å². The number of hydrogen-bond acceptors (Lipinski definition) is 3. The monoisotopic (exact) mass is 887 g/mol. The number of furan rings is 1. The van der Waals surface area contributed by atoms with Crippen LogP contribution in [0.25, 0.3) is 66.7 Å². The van der Waals surface area contributed by atoms with E-state index in [2.05, 4.69) is 78.4 Å². The molecule has 0 unspecified atom stereocenters. The van der Waals surface area contributed by atoms with Gasteiger partial charge in [-0.2, -0.15) is 0 Å². The predicted molar refractivity (Wildman–Crippen MR) is 220 cm³/mol. The molecule has 3 aromatic heterocycles. The van der Waals surface area contributed by atoms with Gasteiger partial charge in [-0.1, -0.05) is 128 Å². The third-order valence-electron chi connectivity index (χ3n) is 10.3. The van der Waals surface area contributed by atoms with Crippen LogP contribution in [0.15, 0.2) is 144 Å². The van der Waals surface area contributed by atoms with Crippen LogP contribution in [0.4, 0.5) is 0 Å². The Morgan fingerprint density at radius 1 is 0.759 bits per heavy atom. The van der Waals surface area contributed by atoms with Gasteiger partial charge in [0.1, 0.15) is 5.58 Å². The normalized spacial score (nSPS) is 16.4. The largest absolute Gasteiger partial charge is 0.501 e. The van der Waals surface area contributed by atoms with Crippen molar-refractivity contribution in [3.8, 4) is 44.8 Å². The van der Waals surface area contributed by atoms with Crippen molar-refractivity contribution in [2.45, 2.75) is 59.2 Å². The quantitative estimate of drug-likeness (QED) is 0.162. The molecule has 3 heterocycles. The first-order chi connectivity index (χ1) is 28.3. The second kappa shape index (κ2) is 16.1. The smallest absolute Gasteiger partial charge is 0.120 e. The molecule has 0 spiro atoms. The van der Waals surface area contributed by atoms with E-state index in [0.29, 0.717) is 27.8 Å². The van der Waals surface area contributed by atoms with E-state index < -0.39 is 19.6 Å². The molecule has 0 bridgehead atoms. The average molecular weight is 887 g/mol. The molecule has 9 rings (SSSR count). The molecule has 54 heavy (non-hydrogen) atoms. The number of rotatable bonds is 5. The SMILES string of the molecule is [2H]C([2H])c1ccc(-c2[c-]cc(C([2H])([2H])[2H])c(-c3ccccc3)c2)nc1.[2H]C1(c2ccc(-c3ccnc(-c4[c-]ccc5c4oc4ccccc45)c3)cc2)CCC(C)(C)CC1.[Ir]. The molecular weight excluding hydrogens is 837 g/mol. The number of pyridine rings is 2. The first-order valence-electron chi connectivity index (χ1n) is 21.3. The minimum absolute atomic E-state index is 0. The summed E-state index contributed by atoms with van der Waals surface area (Å²) < 4.78 is 53.4. The maximum Gasteiger partial charge on any atom is 0.120 e. The van der Waals surface area contributed by atoms with E-state index in [1.54, 1.807) is 18.2 Å². The first kappa shape index (κ1) is 30.2. The van der Waals surface area contributed by atoms with Crippen LogP contribution in [0, 0.1) is 31.3 Å². The Hall–Kier alpha value is -5.15. The summed E-state index contributed by atoms with van der Waals surface area (Å²) in [6, 6.07) is 47.2. The van der Waals surface area contributed by atoms with Crippen LogP contribution in [0.1, 0.15) is 70.3 Å². The summed E-state index contributed by atoms with van der Waals surface area (Å²) in [4.78, 5) is 8.93. The Kier molecular flexibility index (Phi) is 8.99. The average Bonchev–Trinajstić information content (AvgIpc) is 3.64. The molecule has 8 aromatic rings. The number of para-hydroxylation sites is 1. The Balaban J connectivity index is 0.000000187. The third-order valence-corrected chi connectivity index (χ3v) is 10.3. The Morgan fingerprint density at radius 2 is 1.56 bits per heavy atom. The van der Waals surface area contributed by atoms with Crippen LogP contribution in [0.5, 0.6) is 0 Å². The first-order valence-corrected chi connectivity index (χ1v) is 18.1. The molecule has 1 fully saturated rings. The van der Waals surface area contributed by atoms with Gasteiger partial charge in [-0.05, 0) is 95.2 Å². The molecular formula is C50H44IrN2O-2. The van der Waals surface area contributed by atoms with Crippen LogP contribution in [-0.4, -0.2) is 9.97 Å². The number of benzene rings is 5. The summed E-state index contributed by atoms with van der Waals surface area (Å²) in [6.45, 7) is 1.32. The van der Waals surface area contributed by atoms with Gasteiger partial charge in [0.2, 0.25) is 0 Å². The Labute approximate surface area is 341 Å². The van der Waals surface area contributed by atoms with Crippen LogP contribution in [-0.2, 0) is 20.1 Å². The van der Waals surface area contributed by atoms with Gasteiger partial charge in [0.05, 0.1) is 5.58 Å². The van der Waals surface area contributed by atoms with E-state index in [4.69, 9.17) is 12.6 Å². The van der Waals surface area contributed by atoms with Gasteiger partial charge in [-0.3, -0.25) is 0 Å². The van der Waals surface area contributed by atoms with E-state index in [1.807, 2.05) is 66.9 Å². The van der Waals surface area contributed by atoms with Crippen molar-refractivity contribution in [1.82, 2.24) is 9.97 Å². The number of aromatic nitrogens is 2. The molecule has 0 saturated heterocycles. The van der Waals surface area contributed by atoms with Crippen molar-refractivity contribution in [2.24, 2.45) is 5.41 Å². The van der Waals surface area contributed by atoms with Gasteiger partial charge in [0.15, 0.2) is 0 Å². The van der Waals surface area contributed by atoms with E-state index in [1.165, 1.54) is 12.3 Å². The van der Waals surface area contributed by atoms with Crippen molar-refractivity contribution < 1.29 is 32.7 Å². The summed E-state index contributed by atoms with van der Waals surface area (Å²) in [5.74, 6) is -0.469. The Morgan fingerprint density at radius 3 is 2.31 bits per heavy atom. The maximum atomic E-state index is 9.06. The number of nitrogens with zero attached hydrogens (tertiary/aromatic N) is 2. The molecule has 1 aliphatic rings. The van der Waals surface area contributed by atoms with E-state index >= 15 is 0 Å². The van der Waals surface area contributed by atoms with E-state index in [0.717, 1.165) is 81.1 Å². The van der Waals surface area contributed by atoms with Gasteiger partial charge in [-0.25, -0.2) is 0 Å². The topological polar surface area (TPSA) is 38.9 Å². The molecule has 0 aliphatic heterocycles. The zero-order chi connectivity index (χ0) is 41.4. The summed E-state index contributed by atoms with van der Waals surface area (Å²) >= 11 is 0. The van der Waals surface area contributed by atoms with Crippen molar-refractivity contribution >= 4 is 21.9 Å². The van der Waals surface area contributed by atoms with Crippen molar-refractivity contribution in [3.63, 3.8) is 0 Å². The van der Waals surface area contributed by atoms with E-state index in [9.17, 15) is 0 Å². The minimum Gasteiger partial charge on any atom is -0.501 e. The Bertz CT molecular complexity index is 2720. The van der Waals surface area contributed by atoms with Crippen LogP contribution in [0.2, 0.25) is 0 Å². The van der Waals surface area contributed by atoms with Crippen molar-refractivity contribution in [1.29, 1.82) is 0 Å². The molecule has 0 atom stereocenters. The van der Waals surface area contributed by atoms with Crippen LogP contribution in [0.3, 0.4) is 0 Å². The standard InChI is InChI=1S/C31H28NO.C19H16N.Ir/c1-31(2)17-14-23(15-18-31)21-10-12-22(13-11-21)24-16-19-32-28(20-24)27-8-5-7-26-25-6-3-4-9-29(25)33-30(26)27;1-14-8-11-19(20-13-14)17-10-9-15(2)18(12-17)16-6-4-3-5-7-16;/h3-7,9-13,16,19-20,23H,14-15,17-18H2,1-2H3;3-9,11-13H,1-2H3;/q2*-1;/i23D;1D2,2D3;. The second-order valence-corrected chi connectivity index (χ2v) is 14.5. The number of aryl methyl sites for hydroxylation is 2. The fourth-order valence-electron chi connectivity index (χ4n) is 7.10.